The minimum absolute atomic E-state index is 0.0279. The van der Waals surface area contributed by atoms with Crippen LogP contribution in [0.25, 0.3) is 0 Å². The first-order chi connectivity index (χ1) is 18.8. The summed E-state index contributed by atoms with van der Waals surface area (Å²) in [4.78, 5) is 26.6. The van der Waals surface area contributed by atoms with E-state index < -0.39 is 11.9 Å². The molecule has 40 heavy (non-hydrogen) atoms. The van der Waals surface area contributed by atoms with Crippen LogP contribution in [0.3, 0.4) is 0 Å². The molecule has 6 atom stereocenters. The zero-order valence-corrected chi connectivity index (χ0v) is 26.1. The molecule has 0 bridgehead atoms. The van der Waals surface area contributed by atoms with Crippen LogP contribution in [0.4, 0.5) is 0 Å². The van der Waals surface area contributed by atoms with Crippen molar-refractivity contribution in [2.24, 2.45) is 40.4 Å². The molecule has 1 aromatic carbocycles. The van der Waals surface area contributed by atoms with Gasteiger partial charge in [-0.15, -0.1) is 0 Å². The zero-order valence-electron chi connectivity index (χ0n) is 26.1. The summed E-state index contributed by atoms with van der Waals surface area (Å²) in [7, 11) is 7.12. The summed E-state index contributed by atoms with van der Waals surface area (Å²) >= 11 is 0. The van der Waals surface area contributed by atoms with Gasteiger partial charge in [0.25, 0.3) is 0 Å². The van der Waals surface area contributed by atoms with Crippen LogP contribution in [-0.2, 0) is 9.47 Å². The van der Waals surface area contributed by atoms with E-state index in [1.807, 2.05) is 0 Å². The van der Waals surface area contributed by atoms with Crippen molar-refractivity contribution >= 4 is 11.9 Å². The first kappa shape index (κ1) is 30.3. The second-order valence-corrected chi connectivity index (χ2v) is 13.3. The molecule has 0 N–H and O–H groups in total. The lowest BCUT2D eigenvalue weighted by Crippen LogP contribution is -2.36. The van der Waals surface area contributed by atoms with E-state index in [1.165, 1.54) is 33.3 Å². The maximum absolute atomic E-state index is 13.3. The Balaban J connectivity index is 2.07. The molecule has 4 rings (SSSR count). The first-order valence-electron chi connectivity index (χ1n) is 14.6. The quantitative estimate of drug-likeness (QED) is 0.238. The molecular formula is C33H48O7. The van der Waals surface area contributed by atoms with Crippen molar-refractivity contribution in [1.29, 1.82) is 0 Å². The van der Waals surface area contributed by atoms with E-state index in [0.29, 0.717) is 46.7 Å². The van der Waals surface area contributed by atoms with Crippen LogP contribution in [-0.4, -0.2) is 47.5 Å². The highest BCUT2D eigenvalue weighted by atomic mass is 16.5. The summed E-state index contributed by atoms with van der Waals surface area (Å²) in [6.07, 6.45) is 5.21. The number of hydrogen-bond donors (Lipinski definition) is 0. The maximum atomic E-state index is 13.3. The topological polar surface area (TPSA) is 80.3 Å². The zero-order chi connectivity index (χ0) is 29.7. The minimum atomic E-state index is -0.647. The lowest BCUT2D eigenvalue weighted by molar-refractivity contribution is 0.0583. The fraction of sp³-hybridized carbons (Fsp3) is 0.697. The van der Waals surface area contributed by atoms with Crippen LogP contribution in [0.2, 0.25) is 0 Å². The summed E-state index contributed by atoms with van der Waals surface area (Å²) in [5.41, 5.74) is 2.36. The number of ether oxygens (including phenoxy) is 5. The lowest BCUT2D eigenvalue weighted by atomic mass is 9.60. The van der Waals surface area contributed by atoms with Crippen LogP contribution in [0, 0.1) is 40.4 Å². The highest BCUT2D eigenvalue weighted by Gasteiger charge is 2.68. The molecule has 0 saturated heterocycles. The summed E-state index contributed by atoms with van der Waals surface area (Å²) < 4.78 is 28.2. The van der Waals surface area contributed by atoms with E-state index >= 15 is 0 Å². The number of fused-ring (bicyclic) bond motifs is 3. The van der Waals surface area contributed by atoms with Gasteiger partial charge in [0, 0.05) is 5.56 Å². The Labute approximate surface area is 239 Å². The highest BCUT2D eigenvalue weighted by molar-refractivity contribution is 6.05. The van der Waals surface area contributed by atoms with E-state index in [2.05, 4.69) is 41.2 Å². The average molecular weight is 557 g/mol. The predicted octanol–water partition coefficient (Wildman–Crippen LogP) is 7.07. The number of rotatable bonds is 9. The lowest BCUT2D eigenvalue weighted by Gasteiger charge is -2.44. The molecule has 0 spiro atoms. The van der Waals surface area contributed by atoms with Crippen LogP contribution in [0.5, 0.6) is 17.2 Å². The molecule has 0 heterocycles. The number of allylic oxidation sites excluding steroid dienone is 1. The van der Waals surface area contributed by atoms with Crippen molar-refractivity contribution in [1.82, 2.24) is 0 Å². The Bertz CT molecular complexity index is 1140. The molecule has 7 heteroatoms. The highest BCUT2D eigenvalue weighted by Crippen LogP contribution is 2.75. The van der Waals surface area contributed by atoms with Crippen molar-refractivity contribution in [3.8, 4) is 17.2 Å². The monoisotopic (exact) mass is 556 g/mol. The molecule has 0 unspecified atom stereocenters. The normalized spacial score (nSPS) is 29.1. The van der Waals surface area contributed by atoms with Gasteiger partial charge < -0.3 is 23.7 Å². The van der Waals surface area contributed by atoms with Crippen LogP contribution in [0.1, 0.15) is 98.9 Å². The Kier molecular flexibility index (Phi) is 8.28. The van der Waals surface area contributed by atoms with Gasteiger partial charge in [-0.2, -0.15) is 0 Å². The standard InChI is InChI=1S/C33H48O7/c1-17(2)16-21(33(6)15-14-19-18(3)12-13-20-26(25(19)33)32(20,4)5)22-27(36-7)23(30(34)39-10)29(38-9)24(28(22)37-8)31(35)40-11/h17,19-21,25-26H,3,12-16H2,1-2,4-11H3/t19-,20+,21-,25+,26+,33+/m0/s1. The molecule has 1 aromatic rings. The number of methoxy groups -OCH3 is 5. The minimum Gasteiger partial charge on any atom is -0.495 e. The van der Waals surface area contributed by atoms with Gasteiger partial charge in [-0.25, -0.2) is 9.59 Å². The molecule has 3 saturated carbocycles. The van der Waals surface area contributed by atoms with Gasteiger partial charge in [0.1, 0.15) is 22.6 Å². The van der Waals surface area contributed by atoms with Gasteiger partial charge in [0.15, 0.2) is 5.75 Å². The second kappa shape index (κ2) is 10.9. The van der Waals surface area contributed by atoms with Crippen LogP contribution < -0.4 is 14.2 Å². The Morgan fingerprint density at radius 2 is 1.38 bits per heavy atom. The van der Waals surface area contributed by atoms with E-state index in [0.717, 1.165) is 25.7 Å². The molecule has 0 aliphatic heterocycles. The van der Waals surface area contributed by atoms with E-state index in [9.17, 15) is 9.59 Å². The van der Waals surface area contributed by atoms with E-state index in [-0.39, 0.29) is 33.6 Å². The summed E-state index contributed by atoms with van der Waals surface area (Å²) in [5, 5.41) is 0. The molecule has 0 radical (unpaired) electrons. The summed E-state index contributed by atoms with van der Waals surface area (Å²) in [5.74, 6) is 1.80. The molecule has 7 nitrogen and oxygen atoms in total. The van der Waals surface area contributed by atoms with Crippen molar-refractivity contribution in [3.63, 3.8) is 0 Å². The molecular weight excluding hydrogens is 508 g/mol. The van der Waals surface area contributed by atoms with Gasteiger partial charge in [0.05, 0.1) is 35.5 Å². The fourth-order valence-electron chi connectivity index (χ4n) is 8.79. The Morgan fingerprint density at radius 1 is 0.850 bits per heavy atom. The second-order valence-electron chi connectivity index (χ2n) is 13.3. The van der Waals surface area contributed by atoms with Crippen molar-refractivity contribution in [2.45, 2.75) is 72.6 Å². The molecule has 222 valence electrons. The molecule has 3 aliphatic carbocycles. The number of benzene rings is 1. The fourth-order valence-corrected chi connectivity index (χ4v) is 8.79. The summed E-state index contributed by atoms with van der Waals surface area (Å²) in [6.45, 7) is 16.2. The SMILES string of the molecule is C=C1CC[C@@H]2[C@H]([C@H]3[C@H]1CC[C@]3(C)[C@@H](CC(C)C)c1c(OC)c(C(=O)OC)c(OC)c(C(=O)OC)c1OC)C2(C)C. The third-order valence-corrected chi connectivity index (χ3v) is 10.7. The number of carbonyl (C=O) groups is 2. The van der Waals surface area contributed by atoms with E-state index in [4.69, 9.17) is 23.7 Å². The van der Waals surface area contributed by atoms with Gasteiger partial charge in [-0.1, -0.05) is 46.8 Å². The van der Waals surface area contributed by atoms with Crippen molar-refractivity contribution in [2.75, 3.05) is 35.5 Å². The van der Waals surface area contributed by atoms with Crippen molar-refractivity contribution in [3.05, 3.63) is 28.8 Å². The predicted molar refractivity (Wildman–Crippen MR) is 154 cm³/mol. The smallest absolute Gasteiger partial charge is 0.345 e. The molecule has 3 fully saturated rings. The van der Waals surface area contributed by atoms with Gasteiger partial charge in [-0.05, 0) is 78.4 Å². The molecule has 0 amide bonds. The van der Waals surface area contributed by atoms with Gasteiger partial charge in [-0.3, -0.25) is 0 Å². The number of esters is 2. The Hall–Kier alpha value is -2.70. The van der Waals surface area contributed by atoms with Gasteiger partial charge >= 0.3 is 11.9 Å². The van der Waals surface area contributed by atoms with Crippen molar-refractivity contribution < 1.29 is 33.3 Å². The maximum Gasteiger partial charge on any atom is 0.345 e. The third-order valence-electron chi connectivity index (χ3n) is 10.7. The van der Waals surface area contributed by atoms with E-state index in [1.54, 1.807) is 14.2 Å². The Morgan fingerprint density at radius 3 is 1.82 bits per heavy atom. The van der Waals surface area contributed by atoms with Gasteiger partial charge in [0.2, 0.25) is 0 Å². The molecule has 3 aliphatic rings. The number of hydrogen-bond acceptors (Lipinski definition) is 7. The number of carbonyl (C=O) groups excluding carboxylic acids is 2. The first-order valence-corrected chi connectivity index (χ1v) is 14.6. The largest absolute Gasteiger partial charge is 0.495 e. The third kappa shape index (κ3) is 4.48. The molecule has 0 aromatic heterocycles. The average Bonchev–Trinajstić information content (AvgIpc) is 3.36. The summed E-state index contributed by atoms with van der Waals surface area (Å²) in [6, 6.07) is 0. The van der Waals surface area contributed by atoms with Crippen LogP contribution in [0.15, 0.2) is 12.2 Å². The van der Waals surface area contributed by atoms with Crippen LogP contribution >= 0.6 is 0 Å².